The summed E-state index contributed by atoms with van der Waals surface area (Å²) in [4.78, 5) is 12.4. The van der Waals surface area contributed by atoms with Crippen LogP contribution in [0.3, 0.4) is 0 Å². The molecule has 0 spiro atoms. The number of hydrogen-bond acceptors (Lipinski definition) is 5. The lowest BCUT2D eigenvalue weighted by atomic mass is 10.1. The lowest BCUT2D eigenvalue weighted by molar-refractivity contribution is 0.0950. The van der Waals surface area contributed by atoms with E-state index >= 15 is 0 Å². The molecule has 0 aromatic heterocycles. The highest BCUT2D eigenvalue weighted by molar-refractivity contribution is 5.94. The summed E-state index contributed by atoms with van der Waals surface area (Å²) in [6, 6.07) is 9.46. The zero-order valence-corrected chi connectivity index (χ0v) is 15.9. The van der Waals surface area contributed by atoms with Gasteiger partial charge in [0, 0.05) is 25.2 Å². The summed E-state index contributed by atoms with van der Waals surface area (Å²) in [5, 5.41) is 6.21. The summed E-state index contributed by atoms with van der Waals surface area (Å²) in [6.07, 6.45) is 0. The third kappa shape index (κ3) is 4.03. The molecule has 2 N–H and O–H groups in total. The van der Waals surface area contributed by atoms with Crippen LogP contribution in [0.1, 0.15) is 27.0 Å². The molecule has 1 amide bonds. The van der Waals surface area contributed by atoms with Gasteiger partial charge < -0.3 is 24.8 Å². The largest absolute Gasteiger partial charge is 0.493 e. The van der Waals surface area contributed by atoms with Crippen LogP contribution in [0.25, 0.3) is 0 Å². The fourth-order valence-corrected chi connectivity index (χ4v) is 2.96. The molecule has 26 heavy (non-hydrogen) atoms. The average molecular weight is 379 g/mol. The van der Waals surface area contributed by atoms with Gasteiger partial charge in [0.1, 0.15) is 0 Å². The Balaban J connectivity index is 0.00000243. The highest BCUT2D eigenvalue weighted by Gasteiger charge is 2.15. The number of ether oxygens (including phenoxy) is 3. The number of fused-ring (bicyclic) bond motifs is 1. The predicted molar refractivity (Wildman–Crippen MR) is 102 cm³/mol. The molecule has 2 aromatic rings. The van der Waals surface area contributed by atoms with E-state index in [1.807, 2.05) is 30.3 Å². The SMILES string of the molecule is COc1cc(CNC(=O)c2ccc3c(c2)CNC3)cc(OC)c1OC.Cl. The molecule has 1 heterocycles. The Kier molecular flexibility index (Phi) is 6.71. The summed E-state index contributed by atoms with van der Waals surface area (Å²) in [6.45, 7) is 2.04. The highest BCUT2D eigenvalue weighted by Crippen LogP contribution is 2.38. The van der Waals surface area contributed by atoms with Crippen molar-refractivity contribution >= 4 is 18.3 Å². The van der Waals surface area contributed by atoms with Crippen LogP contribution in [0.4, 0.5) is 0 Å². The van der Waals surface area contributed by atoms with E-state index in [1.54, 1.807) is 21.3 Å². The Morgan fingerprint density at radius 1 is 1.00 bits per heavy atom. The predicted octanol–water partition coefficient (Wildman–Crippen LogP) is 2.67. The van der Waals surface area contributed by atoms with E-state index in [4.69, 9.17) is 14.2 Å². The van der Waals surface area contributed by atoms with Crippen molar-refractivity contribution in [1.82, 2.24) is 10.6 Å². The van der Waals surface area contributed by atoms with Crippen molar-refractivity contribution in [2.45, 2.75) is 19.6 Å². The molecule has 7 heteroatoms. The molecule has 0 saturated heterocycles. The van der Waals surface area contributed by atoms with E-state index in [0.717, 1.165) is 18.7 Å². The maximum absolute atomic E-state index is 12.4. The Hall–Kier alpha value is -2.44. The van der Waals surface area contributed by atoms with Crippen LogP contribution >= 0.6 is 12.4 Å². The van der Waals surface area contributed by atoms with Crippen LogP contribution in [-0.2, 0) is 19.6 Å². The summed E-state index contributed by atoms with van der Waals surface area (Å²) in [7, 11) is 4.70. The molecular weight excluding hydrogens is 356 g/mol. The second kappa shape index (κ2) is 8.78. The van der Waals surface area contributed by atoms with Crippen molar-refractivity contribution in [3.05, 3.63) is 52.6 Å². The summed E-state index contributed by atoms with van der Waals surface area (Å²) in [5.74, 6) is 1.55. The Bertz CT molecular complexity index is 770. The summed E-state index contributed by atoms with van der Waals surface area (Å²) in [5.41, 5.74) is 3.96. The summed E-state index contributed by atoms with van der Waals surface area (Å²) < 4.78 is 16.0. The highest BCUT2D eigenvalue weighted by atomic mass is 35.5. The minimum absolute atomic E-state index is 0. The molecule has 0 radical (unpaired) electrons. The number of methoxy groups -OCH3 is 3. The molecule has 2 aromatic carbocycles. The monoisotopic (exact) mass is 378 g/mol. The van der Waals surface area contributed by atoms with Gasteiger partial charge in [0.15, 0.2) is 11.5 Å². The fraction of sp³-hybridized carbons (Fsp3) is 0.316. The number of carbonyl (C=O) groups excluding carboxylic acids is 1. The van der Waals surface area contributed by atoms with Crippen LogP contribution in [0.15, 0.2) is 30.3 Å². The quantitative estimate of drug-likeness (QED) is 0.808. The molecular formula is C19H23ClN2O4. The number of amides is 1. The van der Waals surface area contributed by atoms with Crippen molar-refractivity contribution < 1.29 is 19.0 Å². The number of benzene rings is 2. The van der Waals surface area contributed by atoms with Gasteiger partial charge in [-0.25, -0.2) is 0 Å². The number of carbonyl (C=O) groups is 1. The fourth-order valence-electron chi connectivity index (χ4n) is 2.96. The molecule has 0 aliphatic carbocycles. The van der Waals surface area contributed by atoms with Gasteiger partial charge in [-0.05, 0) is 41.0 Å². The molecule has 0 unspecified atom stereocenters. The Morgan fingerprint density at radius 2 is 1.65 bits per heavy atom. The van der Waals surface area contributed by atoms with Gasteiger partial charge in [-0.3, -0.25) is 4.79 Å². The van der Waals surface area contributed by atoms with Crippen LogP contribution in [0.2, 0.25) is 0 Å². The smallest absolute Gasteiger partial charge is 0.251 e. The van der Waals surface area contributed by atoms with Crippen molar-refractivity contribution in [2.24, 2.45) is 0 Å². The molecule has 0 saturated carbocycles. The Labute approximate surface area is 159 Å². The molecule has 0 atom stereocenters. The minimum Gasteiger partial charge on any atom is -0.493 e. The van der Waals surface area contributed by atoms with Gasteiger partial charge in [-0.2, -0.15) is 0 Å². The van der Waals surface area contributed by atoms with Crippen molar-refractivity contribution in [1.29, 1.82) is 0 Å². The standard InChI is InChI=1S/C19H22N2O4.ClH/c1-23-16-6-12(7-17(24-2)18(16)25-3)9-21-19(22)13-4-5-14-10-20-11-15(14)8-13;/h4-8,20H,9-11H2,1-3H3,(H,21,22);1H. The molecule has 0 bridgehead atoms. The maximum atomic E-state index is 12.4. The van der Waals surface area contributed by atoms with E-state index in [9.17, 15) is 4.79 Å². The van der Waals surface area contributed by atoms with Gasteiger partial charge in [0.05, 0.1) is 21.3 Å². The molecule has 1 aliphatic rings. The Morgan fingerprint density at radius 3 is 2.27 bits per heavy atom. The average Bonchev–Trinajstić information content (AvgIpc) is 3.12. The van der Waals surface area contributed by atoms with Crippen molar-refractivity contribution in [3.63, 3.8) is 0 Å². The van der Waals surface area contributed by atoms with Crippen LogP contribution < -0.4 is 24.8 Å². The van der Waals surface area contributed by atoms with Gasteiger partial charge >= 0.3 is 0 Å². The first-order valence-corrected chi connectivity index (χ1v) is 8.06. The van der Waals surface area contributed by atoms with Crippen molar-refractivity contribution in [2.75, 3.05) is 21.3 Å². The lowest BCUT2D eigenvalue weighted by Crippen LogP contribution is -2.23. The molecule has 6 nitrogen and oxygen atoms in total. The number of nitrogens with one attached hydrogen (secondary N) is 2. The third-order valence-electron chi connectivity index (χ3n) is 4.28. The molecule has 0 fully saturated rings. The molecule has 1 aliphatic heterocycles. The number of rotatable bonds is 6. The number of hydrogen-bond donors (Lipinski definition) is 2. The normalized spacial score (nSPS) is 12.0. The second-order valence-corrected chi connectivity index (χ2v) is 5.80. The molecule has 140 valence electrons. The maximum Gasteiger partial charge on any atom is 0.251 e. The summed E-state index contributed by atoms with van der Waals surface area (Å²) >= 11 is 0. The second-order valence-electron chi connectivity index (χ2n) is 5.80. The van der Waals surface area contributed by atoms with E-state index in [1.165, 1.54) is 11.1 Å². The topological polar surface area (TPSA) is 68.8 Å². The van der Waals surface area contributed by atoms with Crippen molar-refractivity contribution in [3.8, 4) is 17.2 Å². The van der Waals surface area contributed by atoms with Gasteiger partial charge in [-0.1, -0.05) is 6.07 Å². The van der Waals surface area contributed by atoms with Gasteiger partial charge in [0.2, 0.25) is 5.75 Å². The van der Waals surface area contributed by atoms with E-state index in [0.29, 0.717) is 29.4 Å². The zero-order chi connectivity index (χ0) is 17.8. The lowest BCUT2D eigenvalue weighted by Gasteiger charge is -2.14. The van der Waals surface area contributed by atoms with E-state index < -0.39 is 0 Å². The number of halogens is 1. The van der Waals surface area contributed by atoms with E-state index in [2.05, 4.69) is 10.6 Å². The first-order chi connectivity index (χ1) is 12.2. The third-order valence-corrected chi connectivity index (χ3v) is 4.28. The van der Waals surface area contributed by atoms with Crippen LogP contribution in [-0.4, -0.2) is 27.2 Å². The zero-order valence-electron chi connectivity index (χ0n) is 15.0. The van der Waals surface area contributed by atoms with Gasteiger partial charge in [-0.15, -0.1) is 12.4 Å². The van der Waals surface area contributed by atoms with E-state index in [-0.39, 0.29) is 18.3 Å². The first-order valence-electron chi connectivity index (χ1n) is 8.06. The molecule has 3 rings (SSSR count). The van der Waals surface area contributed by atoms with Gasteiger partial charge in [0.25, 0.3) is 5.91 Å². The minimum atomic E-state index is -0.108. The van der Waals surface area contributed by atoms with Crippen LogP contribution in [0.5, 0.6) is 17.2 Å². The first kappa shape index (κ1) is 19.9. The van der Waals surface area contributed by atoms with Crippen LogP contribution in [0, 0.1) is 0 Å².